The minimum atomic E-state index is 0.364. The molecule has 0 atom stereocenters. The summed E-state index contributed by atoms with van der Waals surface area (Å²) in [6.07, 6.45) is 7.54. The Morgan fingerprint density at radius 1 is 1.17 bits per heavy atom. The van der Waals surface area contributed by atoms with Gasteiger partial charge in [0.15, 0.2) is 5.78 Å². The van der Waals surface area contributed by atoms with E-state index < -0.39 is 0 Å². The summed E-state index contributed by atoms with van der Waals surface area (Å²) >= 11 is 0. The lowest BCUT2D eigenvalue weighted by Gasteiger charge is -2.22. The quantitative estimate of drug-likeness (QED) is 0.589. The number of hydrogen-bond donors (Lipinski definition) is 0. The third-order valence-electron chi connectivity index (χ3n) is 2.68. The molecular formula is C10H15NO. The average molecular weight is 165 g/mol. The van der Waals surface area contributed by atoms with Gasteiger partial charge in [-0.25, -0.2) is 0 Å². The first-order valence-corrected chi connectivity index (χ1v) is 4.86. The first-order chi connectivity index (χ1) is 5.88. The summed E-state index contributed by atoms with van der Waals surface area (Å²) in [6.45, 7) is 2.19. The number of Topliss-reactive ketones (excluding diaryl/α,β-unsaturated/α-hetero) is 1. The fraction of sp³-hybridized carbons (Fsp3) is 0.700. The van der Waals surface area contributed by atoms with Gasteiger partial charge in [-0.2, -0.15) is 0 Å². The van der Waals surface area contributed by atoms with Crippen LogP contribution in [0.15, 0.2) is 11.8 Å². The standard InChI is InChI=1S/C10H15NO/c12-10-6-2-1-5-9(10)11-7-3-4-8-11/h5H,1-4,6-8H2. The van der Waals surface area contributed by atoms with Crippen LogP contribution in [0.1, 0.15) is 32.1 Å². The molecule has 0 aromatic rings. The molecule has 0 unspecified atom stereocenters. The third-order valence-corrected chi connectivity index (χ3v) is 2.68. The van der Waals surface area contributed by atoms with Crippen LogP contribution >= 0.6 is 0 Å². The molecule has 0 amide bonds. The Morgan fingerprint density at radius 3 is 2.58 bits per heavy atom. The lowest BCUT2D eigenvalue weighted by molar-refractivity contribution is -0.117. The molecule has 66 valence electrons. The van der Waals surface area contributed by atoms with Crippen LogP contribution in [0.2, 0.25) is 0 Å². The van der Waals surface area contributed by atoms with Crippen molar-refractivity contribution in [2.24, 2.45) is 0 Å². The second-order valence-corrected chi connectivity index (χ2v) is 3.60. The smallest absolute Gasteiger partial charge is 0.178 e. The summed E-state index contributed by atoms with van der Waals surface area (Å²) in [4.78, 5) is 13.7. The normalized spacial score (nSPS) is 24.5. The predicted molar refractivity (Wildman–Crippen MR) is 47.7 cm³/mol. The molecule has 2 heteroatoms. The maximum atomic E-state index is 11.5. The molecule has 1 saturated heterocycles. The largest absolute Gasteiger partial charge is 0.369 e. The van der Waals surface area contributed by atoms with Crippen LogP contribution in [0.4, 0.5) is 0 Å². The van der Waals surface area contributed by atoms with Gasteiger partial charge < -0.3 is 4.90 Å². The highest BCUT2D eigenvalue weighted by Crippen LogP contribution is 2.21. The van der Waals surface area contributed by atoms with Crippen molar-refractivity contribution in [3.63, 3.8) is 0 Å². The highest BCUT2D eigenvalue weighted by atomic mass is 16.1. The van der Waals surface area contributed by atoms with E-state index in [0.29, 0.717) is 5.78 Å². The molecular weight excluding hydrogens is 150 g/mol. The summed E-state index contributed by atoms with van der Waals surface area (Å²) in [5, 5.41) is 0. The first-order valence-electron chi connectivity index (χ1n) is 4.86. The Hall–Kier alpha value is -0.790. The minimum absolute atomic E-state index is 0.364. The van der Waals surface area contributed by atoms with E-state index in [1.165, 1.54) is 12.8 Å². The zero-order valence-electron chi connectivity index (χ0n) is 7.38. The Labute approximate surface area is 73.2 Å². The van der Waals surface area contributed by atoms with Crippen LogP contribution in [0, 0.1) is 0 Å². The SMILES string of the molecule is O=C1CCCC=C1N1CCCC1. The van der Waals surface area contributed by atoms with Crippen molar-refractivity contribution in [3.05, 3.63) is 11.8 Å². The van der Waals surface area contributed by atoms with E-state index in [-0.39, 0.29) is 0 Å². The van der Waals surface area contributed by atoms with Crippen LogP contribution in [-0.2, 0) is 4.79 Å². The van der Waals surface area contributed by atoms with Crippen LogP contribution in [0.25, 0.3) is 0 Å². The van der Waals surface area contributed by atoms with Crippen LogP contribution in [0.5, 0.6) is 0 Å². The highest BCUT2D eigenvalue weighted by Gasteiger charge is 2.21. The molecule has 1 aliphatic heterocycles. The third kappa shape index (κ3) is 1.38. The minimum Gasteiger partial charge on any atom is -0.369 e. The molecule has 0 saturated carbocycles. The monoisotopic (exact) mass is 165 g/mol. The molecule has 0 aromatic heterocycles. The number of carbonyl (C=O) groups excluding carboxylic acids is 1. The molecule has 2 nitrogen and oxygen atoms in total. The average Bonchev–Trinajstić information content (AvgIpc) is 2.57. The summed E-state index contributed by atoms with van der Waals surface area (Å²) in [6, 6.07) is 0. The van der Waals surface area contributed by atoms with Gasteiger partial charge in [0.05, 0.1) is 5.70 Å². The van der Waals surface area contributed by atoms with E-state index in [1.807, 2.05) is 0 Å². The van der Waals surface area contributed by atoms with Crippen molar-refractivity contribution >= 4 is 5.78 Å². The number of ketones is 1. The number of hydrogen-bond acceptors (Lipinski definition) is 2. The molecule has 2 aliphatic rings. The summed E-state index contributed by atoms with van der Waals surface area (Å²) < 4.78 is 0. The summed E-state index contributed by atoms with van der Waals surface area (Å²) in [5.74, 6) is 0.364. The van der Waals surface area contributed by atoms with Crippen molar-refractivity contribution in [3.8, 4) is 0 Å². The van der Waals surface area contributed by atoms with Crippen LogP contribution in [0.3, 0.4) is 0 Å². The molecule has 1 aliphatic carbocycles. The second-order valence-electron chi connectivity index (χ2n) is 3.60. The van der Waals surface area contributed by atoms with E-state index in [9.17, 15) is 4.79 Å². The maximum Gasteiger partial charge on any atom is 0.178 e. The van der Waals surface area contributed by atoms with E-state index in [2.05, 4.69) is 11.0 Å². The molecule has 12 heavy (non-hydrogen) atoms. The van der Waals surface area contributed by atoms with E-state index in [4.69, 9.17) is 0 Å². The molecule has 1 fully saturated rings. The van der Waals surface area contributed by atoms with E-state index >= 15 is 0 Å². The maximum absolute atomic E-state index is 11.5. The highest BCUT2D eigenvalue weighted by molar-refractivity contribution is 5.95. The number of likely N-dealkylation sites (tertiary alicyclic amines) is 1. The van der Waals surface area contributed by atoms with Crippen LogP contribution < -0.4 is 0 Å². The lowest BCUT2D eigenvalue weighted by atomic mass is 10.0. The summed E-state index contributed by atoms with van der Waals surface area (Å²) in [7, 11) is 0. The number of carbonyl (C=O) groups is 1. The van der Waals surface area contributed by atoms with E-state index in [1.54, 1.807) is 0 Å². The molecule has 1 heterocycles. The molecule has 2 rings (SSSR count). The van der Waals surface area contributed by atoms with E-state index in [0.717, 1.165) is 38.0 Å². The van der Waals surface area contributed by atoms with Crippen molar-refractivity contribution < 1.29 is 4.79 Å². The van der Waals surface area contributed by atoms with Gasteiger partial charge in [0.1, 0.15) is 0 Å². The Kier molecular flexibility index (Phi) is 2.15. The zero-order valence-corrected chi connectivity index (χ0v) is 7.38. The van der Waals surface area contributed by atoms with Crippen molar-refractivity contribution in [2.45, 2.75) is 32.1 Å². The predicted octanol–water partition coefficient (Wildman–Crippen LogP) is 1.72. The lowest BCUT2D eigenvalue weighted by Crippen LogP contribution is -2.26. The van der Waals surface area contributed by atoms with Gasteiger partial charge in [-0.1, -0.05) is 6.08 Å². The Bertz CT molecular complexity index is 214. The Balaban J connectivity index is 2.09. The van der Waals surface area contributed by atoms with Gasteiger partial charge in [-0.3, -0.25) is 4.79 Å². The molecule has 0 radical (unpaired) electrons. The number of allylic oxidation sites excluding steroid dienone is 2. The molecule has 0 aromatic carbocycles. The van der Waals surface area contributed by atoms with Gasteiger partial charge in [0, 0.05) is 19.5 Å². The van der Waals surface area contributed by atoms with Crippen molar-refractivity contribution in [1.29, 1.82) is 0 Å². The topological polar surface area (TPSA) is 20.3 Å². The van der Waals surface area contributed by atoms with Crippen LogP contribution in [-0.4, -0.2) is 23.8 Å². The van der Waals surface area contributed by atoms with Crippen molar-refractivity contribution in [1.82, 2.24) is 4.90 Å². The summed E-state index contributed by atoms with van der Waals surface area (Å²) in [5.41, 5.74) is 1.01. The fourth-order valence-corrected chi connectivity index (χ4v) is 2.01. The van der Waals surface area contributed by atoms with Gasteiger partial charge in [-0.05, 0) is 25.7 Å². The van der Waals surface area contributed by atoms with Gasteiger partial charge in [0.25, 0.3) is 0 Å². The number of nitrogens with zero attached hydrogens (tertiary/aromatic N) is 1. The molecule has 0 N–H and O–H groups in total. The number of rotatable bonds is 1. The first kappa shape index (κ1) is 7.84. The zero-order chi connectivity index (χ0) is 8.39. The Morgan fingerprint density at radius 2 is 1.92 bits per heavy atom. The van der Waals surface area contributed by atoms with Gasteiger partial charge in [-0.15, -0.1) is 0 Å². The van der Waals surface area contributed by atoms with Gasteiger partial charge in [0.2, 0.25) is 0 Å². The fourth-order valence-electron chi connectivity index (χ4n) is 2.01. The molecule has 0 spiro atoms. The molecule has 0 bridgehead atoms. The van der Waals surface area contributed by atoms with Crippen molar-refractivity contribution in [2.75, 3.05) is 13.1 Å². The second kappa shape index (κ2) is 3.30. The van der Waals surface area contributed by atoms with Gasteiger partial charge >= 0.3 is 0 Å².